The van der Waals surface area contributed by atoms with Crippen LogP contribution < -0.4 is 5.32 Å². The Morgan fingerprint density at radius 3 is 2.44 bits per heavy atom. The molecule has 0 saturated carbocycles. The van der Waals surface area contributed by atoms with Gasteiger partial charge in [-0.15, -0.1) is 0 Å². The van der Waals surface area contributed by atoms with Crippen molar-refractivity contribution in [2.75, 3.05) is 5.32 Å². The first-order valence-electron chi connectivity index (χ1n) is 5.23. The van der Waals surface area contributed by atoms with Crippen LogP contribution in [0.3, 0.4) is 0 Å². The lowest BCUT2D eigenvalue weighted by Gasteiger charge is -2.09. The summed E-state index contributed by atoms with van der Waals surface area (Å²) >= 11 is 0. The summed E-state index contributed by atoms with van der Waals surface area (Å²) < 4.78 is 36.8. The summed E-state index contributed by atoms with van der Waals surface area (Å²) in [6, 6.07) is 7.75. The van der Waals surface area contributed by atoms with Gasteiger partial charge in [-0.1, -0.05) is 12.1 Å². The van der Waals surface area contributed by atoms with E-state index in [0.29, 0.717) is 11.6 Å². The van der Waals surface area contributed by atoms with E-state index < -0.39 is 12.6 Å². The predicted molar refractivity (Wildman–Crippen MR) is 61.5 cm³/mol. The fourth-order valence-corrected chi connectivity index (χ4v) is 1.48. The molecule has 1 aromatic heterocycles. The fourth-order valence-electron chi connectivity index (χ4n) is 1.48. The third-order valence-electron chi connectivity index (χ3n) is 2.15. The number of halogens is 3. The average molecular weight is 253 g/mol. The van der Waals surface area contributed by atoms with Gasteiger partial charge in [0.15, 0.2) is 0 Å². The van der Waals surface area contributed by atoms with E-state index in [1.165, 1.54) is 12.1 Å². The Labute approximate surface area is 102 Å². The Balaban J connectivity index is 2.13. The minimum atomic E-state index is -4.21. The van der Waals surface area contributed by atoms with Crippen molar-refractivity contribution in [2.45, 2.75) is 12.6 Å². The second kappa shape index (κ2) is 5.03. The largest absolute Gasteiger partial charge is 0.393 e. The second-order valence-electron chi connectivity index (χ2n) is 3.69. The molecule has 0 aliphatic heterocycles. The Morgan fingerprint density at radius 1 is 1.06 bits per heavy atom. The molecule has 0 amide bonds. The molecule has 0 bridgehead atoms. The van der Waals surface area contributed by atoms with Gasteiger partial charge in [-0.05, 0) is 23.8 Å². The molecular weight excluding hydrogens is 243 g/mol. The van der Waals surface area contributed by atoms with Gasteiger partial charge in [0, 0.05) is 18.1 Å². The van der Waals surface area contributed by atoms with Gasteiger partial charge in [0.2, 0.25) is 5.95 Å². The number of nitrogens with zero attached hydrogens (tertiary/aromatic N) is 2. The van der Waals surface area contributed by atoms with Gasteiger partial charge in [-0.2, -0.15) is 13.2 Å². The van der Waals surface area contributed by atoms with Crippen LogP contribution in [0.5, 0.6) is 0 Å². The van der Waals surface area contributed by atoms with Crippen molar-refractivity contribution in [1.82, 2.24) is 9.97 Å². The summed E-state index contributed by atoms with van der Waals surface area (Å²) in [4.78, 5) is 7.87. The lowest BCUT2D eigenvalue weighted by Crippen LogP contribution is -2.11. The van der Waals surface area contributed by atoms with Crippen LogP contribution in [0.4, 0.5) is 24.8 Å². The van der Waals surface area contributed by atoms with Crippen LogP contribution in [0.1, 0.15) is 5.56 Å². The van der Waals surface area contributed by atoms with E-state index in [9.17, 15) is 13.2 Å². The minimum absolute atomic E-state index is 0.198. The molecule has 2 aromatic rings. The highest BCUT2D eigenvalue weighted by atomic mass is 19.4. The molecule has 0 saturated heterocycles. The van der Waals surface area contributed by atoms with E-state index in [0.717, 1.165) is 0 Å². The van der Waals surface area contributed by atoms with Gasteiger partial charge in [-0.25, -0.2) is 9.97 Å². The molecule has 0 radical (unpaired) electrons. The van der Waals surface area contributed by atoms with Crippen molar-refractivity contribution in [1.29, 1.82) is 0 Å². The Bertz CT molecular complexity index is 511. The molecule has 1 heterocycles. The van der Waals surface area contributed by atoms with Crippen molar-refractivity contribution in [3.05, 3.63) is 48.3 Å². The molecule has 3 nitrogen and oxygen atoms in total. The lowest BCUT2D eigenvalue weighted by atomic mass is 10.1. The summed E-state index contributed by atoms with van der Waals surface area (Å²) in [6.45, 7) is 0. The Morgan fingerprint density at radius 2 is 1.78 bits per heavy atom. The van der Waals surface area contributed by atoms with Crippen LogP contribution in [0.15, 0.2) is 42.7 Å². The highest BCUT2D eigenvalue weighted by Crippen LogP contribution is 2.23. The van der Waals surface area contributed by atoms with Crippen LogP contribution in [-0.2, 0) is 6.42 Å². The first-order chi connectivity index (χ1) is 8.53. The first kappa shape index (κ1) is 12.3. The van der Waals surface area contributed by atoms with Gasteiger partial charge < -0.3 is 5.32 Å². The van der Waals surface area contributed by atoms with Crippen LogP contribution >= 0.6 is 0 Å². The number of hydrogen-bond donors (Lipinski definition) is 1. The fraction of sp³-hybridized carbons (Fsp3) is 0.167. The number of hydrogen-bond acceptors (Lipinski definition) is 3. The second-order valence-corrected chi connectivity index (χ2v) is 3.69. The maximum Gasteiger partial charge on any atom is 0.393 e. The smallest absolute Gasteiger partial charge is 0.324 e. The molecule has 0 spiro atoms. The number of alkyl halides is 3. The van der Waals surface area contributed by atoms with Gasteiger partial charge in [0.1, 0.15) is 0 Å². The molecule has 94 valence electrons. The molecule has 2 rings (SSSR count). The van der Waals surface area contributed by atoms with E-state index in [1.54, 1.807) is 30.6 Å². The molecule has 0 aliphatic carbocycles. The summed E-state index contributed by atoms with van der Waals surface area (Å²) in [5, 5.41) is 2.84. The summed E-state index contributed by atoms with van der Waals surface area (Å²) in [7, 11) is 0. The zero-order chi connectivity index (χ0) is 13.0. The van der Waals surface area contributed by atoms with Crippen LogP contribution in [0.2, 0.25) is 0 Å². The topological polar surface area (TPSA) is 37.8 Å². The standard InChI is InChI=1S/C12H10F3N3/c13-12(14,15)8-9-3-1-4-10(7-9)18-11-16-5-2-6-17-11/h1-7H,8H2,(H,16,17,18). The average Bonchev–Trinajstić information content (AvgIpc) is 2.28. The Kier molecular flexibility index (Phi) is 3.45. The molecule has 0 fully saturated rings. The van der Waals surface area contributed by atoms with Gasteiger partial charge in [0.05, 0.1) is 6.42 Å². The van der Waals surface area contributed by atoms with Crippen molar-refractivity contribution in [3.63, 3.8) is 0 Å². The highest BCUT2D eigenvalue weighted by Gasteiger charge is 2.27. The monoisotopic (exact) mass is 253 g/mol. The zero-order valence-corrected chi connectivity index (χ0v) is 9.28. The zero-order valence-electron chi connectivity index (χ0n) is 9.28. The number of benzene rings is 1. The summed E-state index contributed by atoms with van der Waals surface area (Å²) in [5.74, 6) is 0.349. The third kappa shape index (κ3) is 3.73. The summed E-state index contributed by atoms with van der Waals surface area (Å²) in [5.41, 5.74) is 0.728. The van der Waals surface area contributed by atoms with Crippen LogP contribution in [0.25, 0.3) is 0 Å². The quantitative estimate of drug-likeness (QED) is 0.911. The van der Waals surface area contributed by atoms with Gasteiger partial charge in [-0.3, -0.25) is 0 Å². The van der Waals surface area contributed by atoms with Gasteiger partial charge >= 0.3 is 6.18 Å². The maximum atomic E-state index is 12.3. The molecule has 1 aromatic carbocycles. The molecule has 0 unspecified atom stereocenters. The van der Waals surface area contributed by atoms with Crippen molar-refractivity contribution in [3.8, 4) is 0 Å². The van der Waals surface area contributed by atoms with E-state index in [1.807, 2.05) is 0 Å². The molecule has 18 heavy (non-hydrogen) atoms. The van der Waals surface area contributed by atoms with Crippen molar-refractivity contribution >= 4 is 11.6 Å². The van der Waals surface area contributed by atoms with E-state index in [2.05, 4.69) is 15.3 Å². The molecule has 0 atom stereocenters. The normalized spacial score (nSPS) is 11.3. The summed E-state index contributed by atoms with van der Waals surface area (Å²) in [6.07, 6.45) is -2.05. The van der Waals surface area contributed by atoms with Crippen LogP contribution in [0, 0.1) is 0 Å². The van der Waals surface area contributed by atoms with Crippen molar-refractivity contribution < 1.29 is 13.2 Å². The van der Waals surface area contributed by atoms with E-state index >= 15 is 0 Å². The van der Waals surface area contributed by atoms with Gasteiger partial charge in [0.25, 0.3) is 0 Å². The van der Waals surface area contributed by atoms with Crippen LogP contribution in [-0.4, -0.2) is 16.1 Å². The number of anilines is 2. The predicted octanol–water partition coefficient (Wildman–Crippen LogP) is 3.33. The SMILES string of the molecule is FC(F)(F)Cc1cccc(Nc2ncccn2)c1. The third-order valence-corrected chi connectivity index (χ3v) is 2.15. The molecule has 0 aliphatic rings. The Hall–Kier alpha value is -2.11. The van der Waals surface area contributed by atoms with E-state index in [-0.39, 0.29) is 5.56 Å². The maximum absolute atomic E-state index is 12.3. The number of nitrogens with one attached hydrogen (secondary N) is 1. The molecule has 6 heteroatoms. The number of aromatic nitrogens is 2. The minimum Gasteiger partial charge on any atom is -0.324 e. The highest BCUT2D eigenvalue weighted by molar-refractivity contribution is 5.54. The molecular formula is C12H10F3N3. The first-order valence-corrected chi connectivity index (χ1v) is 5.23. The lowest BCUT2D eigenvalue weighted by molar-refractivity contribution is -0.127. The number of rotatable bonds is 3. The van der Waals surface area contributed by atoms with E-state index in [4.69, 9.17) is 0 Å². The van der Waals surface area contributed by atoms with Crippen molar-refractivity contribution in [2.24, 2.45) is 0 Å². The molecule has 1 N–H and O–H groups in total.